The number of hydrogen-bond acceptors (Lipinski definition) is 6. The molecule has 2 aromatic heterocycles. The molecule has 6 nitrogen and oxygen atoms in total. The molecule has 0 aliphatic carbocycles. The summed E-state index contributed by atoms with van der Waals surface area (Å²) < 4.78 is 44.3. The first-order valence-electron chi connectivity index (χ1n) is 8.93. The van der Waals surface area contributed by atoms with Crippen LogP contribution >= 0.6 is 11.3 Å². The number of primary amides is 1. The van der Waals surface area contributed by atoms with Crippen molar-refractivity contribution in [2.75, 3.05) is 5.32 Å². The second-order valence-electron chi connectivity index (χ2n) is 6.73. The first-order chi connectivity index (χ1) is 14.0. The number of carbonyl (C=O) groups excluding carboxylic acids is 1. The molecule has 0 bridgehead atoms. The molecule has 0 atom stereocenters. The fraction of sp³-hybridized carbons (Fsp3) is 0.250. The van der Waals surface area contributed by atoms with Gasteiger partial charge in [0.1, 0.15) is 11.4 Å². The van der Waals surface area contributed by atoms with Gasteiger partial charge < -0.3 is 15.8 Å². The lowest BCUT2D eigenvalue weighted by Gasteiger charge is -2.15. The number of nitrogens with zero attached hydrogens (tertiary/aromatic N) is 2. The van der Waals surface area contributed by atoms with Crippen LogP contribution in [-0.2, 0) is 6.18 Å². The Morgan fingerprint density at radius 2 is 1.93 bits per heavy atom. The Labute approximate surface area is 174 Å². The minimum Gasteiger partial charge on any atom is -0.489 e. The molecule has 0 unspecified atom stereocenters. The lowest BCUT2D eigenvalue weighted by atomic mass is 10.1. The molecule has 158 valence electrons. The number of benzene rings is 1. The number of pyridine rings is 1. The highest BCUT2D eigenvalue weighted by atomic mass is 32.1. The fourth-order valence-electron chi connectivity index (χ4n) is 2.70. The third-order valence-electron chi connectivity index (χ3n) is 4.02. The highest BCUT2D eigenvalue weighted by molar-refractivity contribution is 7.14. The van der Waals surface area contributed by atoms with E-state index in [9.17, 15) is 18.0 Å². The summed E-state index contributed by atoms with van der Waals surface area (Å²) in [6.45, 7) is 5.24. The zero-order valence-electron chi connectivity index (χ0n) is 16.4. The number of aryl methyl sites for hydroxylation is 1. The van der Waals surface area contributed by atoms with Crippen LogP contribution in [-0.4, -0.2) is 22.0 Å². The van der Waals surface area contributed by atoms with E-state index in [0.717, 1.165) is 6.07 Å². The van der Waals surface area contributed by atoms with Gasteiger partial charge in [-0.05, 0) is 51.1 Å². The van der Waals surface area contributed by atoms with Crippen LogP contribution in [0.3, 0.4) is 0 Å². The minimum absolute atomic E-state index is 0.0993. The maximum atomic E-state index is 12.8. The van der Waals surface area contributed by atoms with Crippen LogP contribution in [0.15, 0.2) is 35.7 Å². The molecule has 0 aliphatic rings. The van der Waals surface area contributed by atoms with Gasteiger partial charge in [0.05, 0.1) is 17.5 Å². The molecule has 0 fully saturated rings. The molecule has 3 rings (SSSR count). The van der Waals surface area contributed by atoms with Crippen LogP contribution < -0.4 is 15.8 Å². The van der Waals surface area contributed by atoms with Crippen molar-refractivity contribution < 1.29 is 22.7 Å². The highest BCUT2D eigenvalue weighted by Gasteiger charge is 2.32. The van der Waals surface area contributed by atoms with Crippen LogP contribution in [0.25, 0.3) is 11.3 Å². The zero-order chi connectivity index (χ0) is 22.1. The Balaban J connectivity index is 1.90. The Kier molecular flexibility index (Phi) is 5.97. The fourth-order valence-corrected chi connectivity index (χ4v) is 3.42. The molecule has 30 heavy (non-hydrogen) atoms. The largest absolute Gasteiger partial charge is 0.489 e. The van der Waals surface area contributed by atoms with Crippen molar-refractivity contribution in [1.29, 1.82) is 0 Å². The number of amides is 1. The average Bonchev–Trinajstić information content (AvgIpc) is 3.10. The third kappa shape index (κ3) is 4.88. The molecule has 10 heteroatoms. The van der Waals surface area contributed by atoms with Crippen molar-refractivity contribution in [3.63, 3.8) is 0 Å². The number of anilines is 2. The van der Waals surface area contributed by atoms with E-state index >= 15 is 0 Å². The zero-order valence-corrected chi connectivity index (χ0v) is 17.2. The van der Waals surface area contributed by atoms with Crippen molar-refractivity contribution in [3.05, 3.63) is 52.7 Å². The van der Waals surface area contributed by atoms with Crippen molar-refractivity contribution in [1.82, 2.24) is 9.97 Å². The van der Waals surface area contributed by atoms with Crippen molar-refractivity contribution in [2.45, 2.75) is 33.1 Å². The predicted molar refractivity (Wildman–Crippen MR) is 109 cm³/mol. The number of rotatable bonds is 6. The van der Waals surface area contributed by atoms with Gasteiger partial charge in [-0.25, -0.2) is 9.97 Å². The molecule has 0 saturated carbocycles. The standard InChI is InChI=1S/C20H19F3N4O2S/c1-10(2)29-16-6-4-12(18(24)28)8-14(16)26-19-27-15(9-30-19)13-5-7-17(20(21,22)23)25-11(13)3/h4-10H,1-3H3,(H2,24,28)(H,26,27). The SMILES string of the molecule is Cc1nc(C(F)(F)F)ccc1-c1csc(Nc2cc(C(N)=O)ccc2OC(C)C)n1. The molecular weight excluding hydrogens is 417 g/mol. The normalized spacial score (nSPS) is 11.6. The minimum atomic E-state index is -4.50. The number of nitrogens with one attached hydrogen (secondary N) is 1. The summed E-state index contributed by atoms with van der Waals surface area (Å²) in [5.74, 6) is -0.0699. The molecule has 0 aliphatic heterocycles. The molecule has 0 spiro atoms. The van der Waals surface area contributed by atoms with E-state index in [-0.39, 0.29) is 11.8 Å². The number of alkyl halides is 3. The number of halogens is 3. The van der Waals surface area contributed by atoms with E-state index in [1.54, 1.807) is 23.6 Å². The van der Waals surface area contributed by atoms with Crippen LogP contribution in [0, 0.1) is 6.92 Å². The molecule has 1 aromatic carbocycles. The van der Waals surface area contributed by atoms with E-state index < -0.39 is 17.8 Å². The van der Waals surface area contributed by atoms with Crippen LogP contribution in [0.5, 0.6) is 5.75 Å². The monoisotopic (exact) mass is 436 g/mol. The van der Waals surface area contributed by atoms with Gasteiger partial charge in [-0.3, -0.25) is 4.79 Å². The summed E-state index contributed by atoms with van der Waals surface area (Å²) in [6, 6.07) is 7.05. The lowest BCUT2D eigenvalue weighted by Crippen LogP contribution is -2.12. The van der Waals surface area contributed by atoms with Gasteiger partial charge in [-0.15, -0.1) is 11.3 Å². The molecular formula is C20H19F3N4O2S. The Morgan fingerprint density at radius 1 is 1.20 bits per heavy atom. The van der Waals surface area contributed by atoms with E-state index in [4.69, 9.17) is 10.5 Å². The topological polar surface area (TPSA) is 90.1 Å². The van der Waals surface area contributed by atoms with E-state index in [0.29, 0.717) is 33.4 Å². The van der Waals surface area contributed by atoms with Gasteiger partial charge in [0.25, 0.3) is 0 Å². The Morgan fingerprint density at radius 3 is 2.53 bits per heavy atom. The van der Waals surface area contributed by atoms with Gasteiger partial charge in [-0.1, -0.05) is 0 Å². The van der Waals surface area contributed by atoms with Gasteiger partial charge in [0.2, 0.25) is 5.91 Å². The summed E-state index contributed by atoms with van der Waals surface area (Å²) in [4.78, 5) is 19.6. The van der Waals surface area contributed by atoms with Crippen molar-refractivity contribution in [2.24, 2.45) is 5.73 Å². The lowest BCUT2D eigenvalue weighted by molar-refractivity contribution is -0.141. The maximum absolute atomic E-state index is 12.8. The second-order valence-corrected chi connectivity index (χ2v) is 7.59. The van der Waals surface area contributed by atoms with Crippen molar-refractivity contribution in [3.8, 4) is 17.0 Å². The van der Waals surface area contributed by atoms with Gasteiger partial charge in [0.15, 0.2) is 5.13 Å². The molecule has 3 N–H and O–H groups in total. The Hall–Kier alpha value is -3.14. The Bertz CT molecular complexity index is 1080. The van der Waals surface area contributed by atoms with Crippen molar-refractivity contribution >= 4 is 28.1 Å². The second kappa shape index (κ2) is 8.31. The van der Waals surface area contributed by atoms with E-state index in [1.165, 1.54) is 24.3 Å². The first-order valence-corrected chi connectivity index (χ1v) is 9.81. The van der Waals surface area contributed by atoms with Crippen LogP contribution in [0.4, 0.5) is 24.0 Å². The summed E-state index contributed by atoms with van der Waals surface area (Å²) in [7, 11) is 0. The predicted octanol–water partition coefficient (Wildman–Crippen LogP) is 5.16. The number of hydrogen-bond donors (Lipinski definition) is 2. The van der Waals surface area contributed by atoms with E-state index in [1.807, 2.05) is 13.8 Å². The quantitative estimate of drug-likeness (QED) is 0.557. The number of ether oxygens (including phenoxy) is 1. The van der Waals surface area contributed by atoms with Crippen LogP contribution in [0.2, 0.25) is 0 Å². The van der Waals surface area contributed by atoms with E-state index in [2.05, 4.69) is 15.3 Å². The number of carbonyl (C=O) groups is 1. The summed E-state index contributed by atoms with van der Waals surface area (Å²) in [6.07, 6.45) is -4.60. The first kappa shape index (κ1) is 21.6. The van der Waals surface area contributed by atoms with Gasteiger partial charge in [0, 0.05) is 22.2 Å². The molecule has 1 amide bonds. The highest BCUT2D eigenvalue weighted by Crippen LogP contribution is 2.35. The van der Waals surface area contributed by atoms with Gasteiger partial charge in [-0.2, -0.15) is 13.2 Å². The number of thiazole rings is 1. The molecule has 3 aromatic rings. The smallest absolute Gasteiger partial charge is 0.433 e. The summed E-state index contributed by atoms with van der Waals surface area (Å²) in [5.41, 5.74) is 6.42. The van der Waals surface area contributed by atoms with Crippen LogP contribution in [0.1, 0.15) is 35.6 Å². The third-order valence-corrected chi connectivity index (χ3v) is 4.78. The average molecular weight is 436 g/mol. The maximum Gasteiger partial charge on any atom is 0.433 e. The summed E-state index contributed by atoms with van der Waals surface area (Å²) in [5, 5.41) is 5.27. The summed E-state index contributed by atoms with van der Waals surface area (Å²) >= 11 is 1.26. The van der Waals surface area contributed by atoms with Gasteiger partial charge >= 0.3 is 6.18 Å². The molecule has 0 radical (unpaired) electrons. The number of nitrogens with two attached hydrogens (primary N) is 1. The number of aromatic nitrogens is 2. The molecule has 2 heterocycles. The molecule has 0 saturated heterocycles.